The number of pyridine rings is 1. The predicted molar refractivity (Wildman–Crippen MR) is 106 cm³/mol. The van der Waals surface area contributed by atoms with Crippen molar-refractivity contribution in [3.8, 4) is 34.3 Å². The maximum absolute atomic E-state index is 12.5. The minimum Gasteiger partial charge on any atom is -0.508 e. The molecule has 0 aliphatic carbocycles. The van der Waals surface area contributed by atoms with E-state index in [4.69, 9.17) is 13.9 Å². The van der Waals surface area contributed by atoms with E-state index in [9.17, 15) is 15.0 Å². The molecule has 4 aromatic rings. The van der Waals surface area contributed by atoms with Crippen molar-refractivity contribution in [2.45, 2.75) is 6.61 Å². The summed E-state index contributed by atoms with van der Waals surface area (Å²) in [6, 6.07) is 12.5. The van der Waals surface area contributed by atoms with Gasteiger partial charge in [0.2, 0.25) is 0 Å². The molecular weight excluding hydrogens is 374 g/mol. The van der Waals surface area contributed by atoms with Crippen molar-refractivity contribution >= 4 is 11.0 Å². The summed E-state index contributed by atoms with van der Waals surface area (Å²) in [6.45, 7) is 0.311. The number of methoxy groups -OCH3 is 1. The van der Waals surface area contributed by atoms with Crippen molar-refractivity contribution in [1.82, 2.24) is 4.98 Å². The maximum Gasteiger partial charge on any atom is 0.197 e. The number of rotatable bonds is 5. The van der Waals surface area contributed by atoms with Gasteiger partial charge in [0.1, 0.15) is 34.8 Å². The van der Waals surface area contributed by atoms with Crippen LogP contribution in [0.2, 0.25) is 0 Å². The summed E-state index contributed by atoms with van der Waals surface area (Å²) in [5.41, 5.74) is 1.18. The highest BCUT2D eigenvalue weighted by Gasteiger charge is 2.14. The monoisotopic (exact) mass is 391 g/mol. The number of nitrogens with zero attached hydrogens (tertiary/aromatic N) is 1. The van der Waals surface area contributed by atoms with Crippen LogP contribution in [-0.2, 0) is 6.61 Å². The average molecular weight is 391 g/mol. The average Bonchev–Trinajstić information content (AvgIpc) is 2.72. The molecule has 4 rings (SSSR count). The van der Waals surface area contributed by atoms with Gasteiger partial charge in [0.25, 0.3) is 0 Å². The van der Waals surface area contributed by atoms with Crippen molar-refractivity contribution in [3.05, 3.63) is 76.7 Å². The molecule has 0 unspecified atom stereocenters. The first-order valence-electron chi connectivity index (χ1n) is 8.75. The van der Waals surface area contributed by atoms with Crippen LogP contribution in [0.15, 0.2) is 70.1 Å². The Hall–Kier alpha value is -4.00. The Balaban J connectivity index is 1.74. The number of phenols is 2. The van der Waals surface area contributed by atoms with Crippen molar-refractivity contribution in [2.75, 3.05) is 7.11 Å². The van der Waals surface area contributed by atoms with Gasteiger partial charge in [-0.05, 0) is 35.9 Å². The van der Waals surface area contributed by atoms with E-state index in [0.717, 1.165) is 11.6 Å². The van der Waals surface area contributed by atoms with Gasteiger partial charge in [-0.2, -0.15) is 0 Å². The van der Waals surface area contributed by atoms with Gasteiger partial charge < -0.3 is 24.1 Å². The van der Waals surface area contributed by atoms with E-state index >= 15 is 0 Å². The molecule has 7 heteroatoms. The van der Waals surface area contributed by atoms with Crippen LogP contribution in [0.5, 0.6) is 23.0 Å². The number of hydrogen-bond acceptors (Lipinski definition) is 7. The van der Waals surface area contributed by atoms with Crippen LogP contribution >= 0.6 is 0 Å². The molecule has 0 atom stereocenters. The van der Waals surface area contributed by atoms with E-state index in [1.165, 1.54) is 19.2 Å². The Morgan fingerprint density at radius 3 is 2.55 bits per heavy atom. The topological polar surface area (TPSA) is 102 Å². The third kappa shape index (κ3) is 3.70. The molecule has 7 nitrogen and oxygen atoms in total. The number of hydrogen-bond donors (Lipinski definition) is 2. The first kappa shape index (κ1) is 18.4. The molecule has 2 aromatic heterocycles. The fourth-order valence-corrected chi connectivity index (χ4v) is 2.98. The molecule has 146 valence electrons. The molecule has 0 amide bonds. The van der Waals surface area contributed by atoms with E-state index in [0.29, 0.717) is 23.7 Å². The molecule has 0 spiro atoms. The minimum absolute atomic E-state index is 0.00854. The summed E-state index contributed by atoms with van der Waals surface area (Å²) in [4.78, 5) is 16.4. The smallest absolute Gasteiger partial charge is 0.197 e. The standard InChI is InChI=1S/C22H17NO6/c1-27-18-3-2-14(8-20(18)28-12-13-4-6-23-7-5-13)19-11-17(26)22-16(25)9-15(24)10-21(22)29-19/h2-11,24-25H,12H2,1H3. The Labute approximate surface area is 165 Å². The SMILES string of the molecule is COc1ccc(-c2cc(=O)c3c(O)cc(O)cc3o2)cc1OCc1ccncc1. The number of benzene rings is 2. The molecule has 0 saturated carbocycles. The third-order valence-corrected chi connectivity index (χ3v) is 4.39. The summed E-state index contributed by atoms with van der Waals surface area (Å²) < 4.78 is 17.0. The van der Waals surface area contributed by atoms with Crippen LogP contribution in [0.1, 0.15) is 5.56 Å². The highest BCUT2D eigenvalue weighted by Crippen LogP contribution is 2.35. The zero-order chi connectivity index (χ0) is 20.4. The van der Waals surface area contributed by atoms with Crippen LogP contribution in [0.25, 0.3) is 22.3 Å². The van der Waals surface area contributed by atoms with Crippen LogP contribution in [0.4, 0.5) is 0 Å². The molecule has 0 fully saturated rings. The second kappa shape index (κ2) is 7.55. The number of aromatic nitrogens is 1. The number of fused-ring (bicyclic) bond motifs is 1. The third-order valence-electron chi connectivity index (χ3n) is 4.39. The summed E-state index contributed by atoms with van der Waals surface area (Å²) >= 11 is 0. The van der Waals surface area contributed by atoms with Gasteiger partial charge >= 0.3 is 0 Å². The van der Waals surface area contributed by atoms with Gasteiger partial charge in [0.15, 0.2) is 16.9 Å². The Morgan fingerprint density at radius 1 is 1.00 bits per heavy atom. The quantitative estimate of drug-likeness (QED) is 0.533. The first-order chi connectivity index (χ1) is 14.0. The van der Waals surface area contributed by atoms with E-state index in [1.54, 1.807) is 30.6 Å². The normalized spacial score (nSPS) is 10.8. The molecule has 0 bridgehead atoms. The Morgan fingerprint density at radius 2 is 1.79 bits per heavy atom. The van der Waals surface area contributed by atoms with Crippen molar-refractivity contribution < 1.29 is 24.1 Å². The molecule has 0 aliphatic rings. The lowest BCUT2D eigenvalue weighted by Crippen LogP contribution is -2.01. The molecule has 2 N–H and O–H groups in total. The summed E-state index contributed by atoms with van der Waals surface area (Å²) in [7, 11) is 1.54. The first-order valence-corrected chi connectivity index (χ1v) is 8.75. The zero-order valence-electron chi connectivity index (χ0n) is 15.5. The molecule has 2 aromatic carbocycles. The van der Waals surface area contributed by atoms with Crippen LogP contribution in [0.3, 0.4) is 0 Å². The van der Waals surface area contributed by atoms with Gasteiger partial charge in [-0.1, -0.05) is 0 Å². The van der Waals surface area contributed by atoms with E-state index in [-0.39, 0.29) is 28.2 Å². The molecule has 2 heterocycles. The van der Waals surface area contributed by atoms with E-state index < -0.39 is 5.43 Å². The van der Waals surface area contributed by atoms with Crippen molar-refractivity contribution in [2.24, 2.45) is 0 Å². The zero-order valence-corrected chi connectivity index (χ0v) is 15.5. The number of aromatic hydroxyl groups is 2. The summed E-state index contributed by atoms with van der Waals surface area (Å²) in [5, 5.41) is 19.6. The highest BCUT2D eigenvalue weighted by molar-refractivity contribution is 5.86. The van der Waals surface area contributed by atoms with Crippen LogP contribution in [0, 0.1) is 0 Å². The molecular formula is C22H17NO6. The van der Waals surface area contributed by atoms with Gasteiger partial charge in [-0.25, -0.2) is 0 Å². The molecule has 0 aliphatic heterocycles. The Bertz CT molecular complexity index is 1230. The van der Waals surface area contributed by atoms with Gasteiger partial charge in [-0.15, -0.1) is 0 Å². The number of ether oxygens (including phenoxy) is 2. The van der Waals surface area contributed by atoms with Crippen LogP contribution < -0.4 is 14.9 Å². The fraction of sp³-hybridized carbons (Fsp3) is 0.0909. The summed E-state index contributed by atoms with van der Waals surface area (Å²) in [5.74, 6) is 0.733. The van der Waals surface area contributed by atoms with Crippen LogP contribution in [-0.4, -0.2) is 22.3 Å². The fourth-order valence-electron chi connectivity index (χ4n) is 2.98. The second-order valence-electron chi connectivity index (χ2n) is 6.32. The lowest BCUT2D eigenvalue weighted by atomic mass is 10.1. The van der Waals surface area contributed by atoms with Gasteiger partial charge in [-0.3, -0.25) is 9.78 Å². The number of phenolic OH excluding ortho intramolecular Hbond substituents is 2. The molecule has 0 radical (unpaired) electrons. The lowest BCUT2D eigenvalue weighted by Gasteiger charge is -2.12. The maximum atomic E-state index is 12.5. The lowest BCUT2D eigenvalue weighted by molar-refractivity contribution is 0.284. The largest absolute Gasteiger partial charge is 0.508 e. The van der Waals surface area contributed by atoms with Gasteiger partial charge in [0, 0.05) is 36.2 Å². The summed E-state index contributed by atoms with van der Waals surface area (Å²) in [6.07, 6.45) is 3.36. The second-order valence-corrected chi connectivity index (χ2v) is 6.32. The Kier molecular flexibility index (Phi) is 4.78. The predicted octanol–water partition coefficient (Wildman–Crippen LogP) is 3.85. The van der Waals surface area contributed by atoms with E-state index in [2.05, 4.69) is 4.98 Å². The van der Waals surface area contributed by atoms with Gasteiger partial charge in [0.05, 0.1) is 7.11 Å². The molecule has 0 saturated heterocycles. The molecule has 29 heavy (non-hydrogen) atoms. The van der Waals surface area contributed by atoms with E-state index in [1.807, 2.05) is 12.1 Å². The van der Waals surface area contributed by atoms with Crippen molar-refractivity contribution in [3.63, 3.8) is 0 Å². The highest BCUT2D eigenvalue weighted by atomic mass is 16.5. The van der Waals surface area contributed by atoms with Crippen molar-refractivity contribution in [1.29, 1.82) is 0 Å². The minimum atomic E-state index is -0.422.